The van der Waals surface area contributed by atoms with Crippen molar-refractivity contribution in [3.8, 4) is 0 Å². The zero-order chi connectivity index (χ0) is 11.9. The normalized spacial score (nSPS) is 27.7. The quantitative estimate of drug-likeness (QED) is 0.683. The Morgan fingerprint density at radius 3 is 2.88 bits per heavy atom. The summed E-state index contributed by atoms with van der Waals surface area (Å²) >= 11 is 0. The van der Waals surface area contributed by atoms with E-state index in [9.17, 15) is 0 Å². The van der Waals surface area contributed by atoms with E-state index in [0.717, 1.165) is 19.3 Å². The van der Waals surface area contributed by atoms with Crippen LogP contribution in [0.2, 0.25) is 0 Å². The minimum atomic E-state index is 0.846. The summed E-state index contributed by atoms with van der Waals surface area (Å²) in [7, 11) is 0. The maximum absolute atomic E-state index is 5.43. The van der Waals surface area contributed by atoms with Gasteiger partial charge in [-0.1, -0.05) is 6.42 Å². The van der Waals surface area contributed by atoms with E-state index >= 15 is 0 Å². The Bertz CT molecular complexity index is 210. The van der Waals surface area contributed by atoms with E-state index in [1.165, 1.54) is 64.8 Å². The molecule has 2 fully saturated rings. The second-order valence-electron chi connectivity index (χ2n) is 5.39. The Balaban J connectivity index is 1.71. The molecule has 2 saturated heterocycles. The predicted molar refractivity (Wildman–Crippen MR) is 71.4 cm³/mol. The molecule has 100 valence electrons. The number of fused-ring (bicyclic) bond motifs is 1. The molecule has 0 spiro atoms. The van der Waals surface area contributed by atoms with Crippen LogP contribution in [0.15, 0.2) is 0 Å². The van der Waals surface area contributed by atoms with Gasteiger partial charge >= 0.3 is 0 Å². The summed E-state index contributed by atoms with van der Waals surface area (Å²) < 4.78 is 5.43. The molecule has 0 radical (unpaired) electrons. The van der Waals surface area contributed by atoms with Crippen molar-refractivity contribution in [3.63, 3.8) is 0 Å². The van der Waals surface area contributed by atoms with Crippen LogP contribution in [0, 0.1) is 0 Å². The van der Waals surface area contributed by atoms with Crippen molar-refractivity contribution in [2.24, 2.45) is 0 Å². The topological polar surface area (TPSA) is 15.7 Å². The van der Waals surface area contributed by atoms with Crippen LogP contribution in [0.5, 0.6) is 0 Å². The SMILES string of the molecule is CCOCCCN1CCCN2CCCCC2C1. The highest BCUT2D eigenvalue weighted by Gasteiger charge is 2.26. The number of rotatable bonds is 5. The van der Waals surface area contributed by atoms with Gasteiger partial charge in [-0.15, -0.1) is 0 Å². The third kappa shape index (κ3) is 4.23. The summed E-state index contributed by atoms with van der Waals surface area (Å²) in [5.74, 6) is 0. The lowest BCUT2D eigenvalue weighted by molar-refractivity contribution is 0.117. The highest BCUT2D eigenvalue weighted by molar-refractivity contribution is 4.83. The first-order valence-electron chi connectivity index (χ1n) is 7.44. The van der Waals surface area contributed by atoms with Gasteiger partial charge in [0, 0.05) is 32.3 Å². The summed E-state index contributed by atoms with van der Waals surface area (Å²) in [6, 6.07) is 0.846. The Morgan fingerprint density at radius 1 is 1.12 bits per heavy atom. The Morgan fingerprint density at radius 2 is 2.00 bits per heavy atom. The second-order valence-corrected chi connectivity index (χ2v) is 5.39. The van der Waals surface area contributed by atoms with Crippen LogP contribution < -0.4 is 0 Å². The van der Waals surface area contributed by atoms with E-state index < -0.39 is 0 Å². The maximum atomic E-state index is 5.43. The molecule has 3 nitrogen and oxygen atoms in total. The average molecular weight is 240 g/mol. The third-order valence-corrected chi connectivity index (χ3v) is 4.10. The van der Waals surface area contributed by atoms with Crippen molar-refractivity contribution < 1.29 is 4.74 Å². The predicted octanol–water partition coefficient (Wildman–Crippen LogP) is 1.97. The van der Waals surface area contributed by atoms with E-state index in [2.05, 4.69) is 16.7 Å². The van der Waals surface area contributed by atoms with Gasteiger partial charge in [-0.3, -0.25) is 4.90 Å². The number of ether oxygens (including phenoxy) is 1. The number of piperidine rings is 1. The molecule has 0 aromatic rings. The van der Waals surface area contributed by atoms with Gasteiger partial charge in [0.15, 0.2) is 0 Å². The van der Waals surface area contributed by atoms with Crippen molar-refractivity contribution in [1.29, 1.82) is 0 Å². The summed E-state index contributed by atoms with van der Waals surface area (Å²) in [6.07, 6.45) is 6.82. The molecule has 0 bridgehead atoms. The Kier molecular flexibility index (Phi) is 5.75. The first-order valence-corrected chi connectivity index (χ1v) is 7.44. The fourth-order valence-electron chi connectivity index (χ4n) is 3.19. The second kappa shape index (κ2) is 7.34. The Hall–Kier alpha value is -0.120. The summed E-state index contributed by atoms with van der Waals surface area (Å²) in [6.45, 7) is 10.4. The molecule has 3 heteroatoms. The van der Waals surface area contributed by atoms with Gasteiger partial charge in [0.05, 0.1) is 0 Å². The van der Waals surface area contributed by atoms with Crippen LogP contribution in [-0.2, 0) is 4.74 Å². The van der Waals surface area contributed by atoms with Crippen molar-refractivity contribution in [3.05, 3.63) is 0 Å². The number of hydrogen-bond donors (Lipinski definition) is 0. The molecular formula is C14H28N2O. The molecule has 0 aromatic heterocycles. The number of hydrogen-bond acceptors (Lipinski definition) is 3. The molecule has 2 heterocycles. The fraction of sp³-hybridized carbons (Fsp3) is 1.00. The molecule has 0 saturated carbocycles. The number of nitrogens with zero attached hydrogens (tertiary/aromatic N) is 2. The van der Waals surface area contributed by atoms with E-state index in [-0.39, 0.29) is 0 Å². The smallest absolute Gasteiger partial charge is 0.0478 e. The van der Waals surface area contributed by atoms with Crippen LogP contribution in [0.1, 0.15) is 39.0 Å². The molecule has 1 atom stereocenters. The molecule has 0 N–H and O–H groups in total. The molecule has 2 rings (SSSR count). The average Bonchev–Trinajstić information content (AvgIpc) is 2.56. The fourth-order valence-corrected chi connectivity index (χ4v) is 3.19. The third-order valence-electron chi connectivity index (χ3n) is 4.10. The molecule has 0 aliphatic carbocycles. The first-order chi connectivity index (χ1) is 8.40. The van der Waals surface area contributed by atoms with Gasteiger partial charge < -0.3 is 9.64 Å². The summed E-state index contributed by atoms with van der Waals surface area (Å²) in [5, 5.41) is 0. The molecule has 0 amide bonds. The molecule has 2 aliphatic heterocycles. The Labute approximate surface area is 106 Å². The zero-order valence-electron chi connectivity index (χ0n) is 11.4. The van der Waals surface area contributed by atoms with E-state index in [4.69, 9.17) is 4.74 Å². The van der Waals surface area contributed by atoms with Crippen molar-refractivity contribution in [2.75, 3.05) is 45.9 Å². The van der Waals surface area contributed by atoms with Gasteiger partial charge in [-0.2, -0.15) is 0 Å². The molecule has 17 heavy (non-hydrogen) atoms. The van der Waals surface area contributed by atoms with Gasteiger partial charge in [-0.25, -0.2) is 0 Å². The van der Waals surface area contributed by atoms with Gasteiger partial charge in [0.1, 0.15) is 0 Å². The summed E-state index contributed by atoms with van der Waals surface area (Å²) in [4.78, 5) is 5.39. The lowest BCUT2D eigenvalue weighted by Gasteiger charge is -2.35. The van der Waals surface area contributed by atoms with Crippen LogP contribution in [0.25, 0.3) is 0 Å². The van der Waals surface area contributed by atoms with Crippen molar-refractivity contribution in [1.82, 2.24) is 9.80 Å². The highest BCUT2D eigenvalue weighted by Crippen LogP contribution is 2.20. The van der Waals surface area contributed by atoms with Gasteiger partial charge in [0.25, 0.3) is 0 Å². The molecule has 2 aliphatic rings. The van der Waals surface area contributed by atoms with E-state index in [1.807, 2.05) is 0 Å². The van der Waals surface area contributed by atoms with Crippen LogP contribution in [-0.4, -0.2) is 61.8 Å². The monoisotopic (exact) mass is 240 g/mol. The van der Waals surface area contributed by atoms with Crippen molar-refractivity contribution in [2.45, 2.75) is 45.1 Å². The van der Waals surface area contributed by atoms with Crippen LogP contribution >= 0.6 is 0 Å². The minimum Gasteiger partial charge on any atom is -0.382 e. The van der Waals surface area contributed by atoms with Gasteiger partial charge in [-0.05, 0) is 52.2 Å². The minimum absolute atomic E-state index is 0.846. The standard InChI is InChI=1S/C14H28N2O/c1-2-17-12-6-9-15-8-5-11-16-10-4-3-7-14(16)13-15/h14H,2-13H2,1H3. The van der Waals surface area contributed by atoms with Crippen molar-refractivity contribution >= 4 is 0 Å². The largest absolute Gasteiger partial charge is 0.382 e. The maximum Gasteiger partial charge on any atom is 0.0478 e. The molecular weight excluding hydrogens is 212 g/mol. The molecule has 0 aromatic carbocycles. The highest BCUT2D eigenvalue weighted by atomic mass is 16.5. The van der Waals surface area contributed by atoms with Gasteiger partial charge in [0.2, 0.25) is 0 Å². The van der Waals surface area contributed by atoms with E-state index in [1.54, 1.807) is 0 Å². The van der Waals surface area contributed by atoms with Crippen LogP contribution in [0.4, 0.5) is 0 Å². The first kappa shape index (κ1) is 13.3. The lowest BCUT2D eigenvalue weighted by atomic mass is 10.0. The lowest BCUT2D eigenvalue weighted by Crippen LogP contribution is -2.44. The molecule has 1 unspecified atom stereocenters. The zero-order valence-corrected chi connectivity index (χ0v) is 11.4. The van der Waals surface area contributed by atoms with E-state index in [0.29, 0.717) is 0 Å². The van der Waals surface area contributed by atoms with Crippen LogP contribution in [0.3, 0.4) is 0 Å². The summed E-state index contributed by atoms with van der Waals surface area (Å²) in [5.41, 5.74) is 0.